The average Bonchev–Trinajstić information content (AvgIpc) is 3.05. The van der Waals surface area contributed by atoms with E-state index >= 15 is 0 Å². The van der Waals surface area contributed by atoms with E-state index < -0.39 is 0 Å². The summed E-state index contributed by atoms with van der Waals surface area (Å²) in [5.41, 5.74) is 6.38. The van der Waals surface area contributed by atoms with Crippen LogP contribution < -0.4 is 5.43 Å². The van der Waals surface area contributed by atoms with Crippen LogP contribution in [0.2, 0.25) is 0 Å². The predicted octanol–water partition coefficient (Wildman–Crippen LogP) is 3.15. The van der Waals surface area contributed by atoms with Crippen molar-refractivity contribution in [1.82, 2.24) is 20.2 Å². The smallest absolute Gasteiger partial charge is 0.258 e. The lowest BCUT2D eigenvalue weighted by Crippen LogP contribution is -2.34. The first-order valence-corrected chi connectivity index (χ1v) is 8.00. The van der Waals surface area contributed by atoms with Crippen molar-refractivity contribution in [3.05, 3.63) is 78.5 Å². The first kappa shape index (κ1) is 16.7. The third-order valence-electron chi connectivity index (χ3n) is 3.56. The Labute approximate surface area is 147 Å². The van der Waals surface area contributed by atoms with Gasteiger partial charge in [0.15, 0.2) is 0 Å². The van der Waals surface area contributed by atoms with Crippen molar-refractivity contribution in [2.45, 2.75) is 0 Å². The molecule has 1 amide bonds. The summed E-state index contributed by atoms with van der Waals surface area (Å²) in [6.45, 7) is 0. The molecule has 0 spiro atoms. The topological polar surface area (TPSA) is 50.2 Å². The third-order valence-corrected chi connectivity index (χ3v) is 3.56. The number of nitrogens with one attached hydrogen (secondary N) is 1. The van der Waals surface area contributed by atoms with Gasteiger partial charge < -0.3 is 0 Å². The van der Waals surface area contributed by atoms with Crippen LogP contribution in [0.25, 0.3) is 23.0 Å². The number of hydrogen-bond acceptors (Lipinski definition) is 3. The van der Waals surface area contributed by atoms with Gasteiger partial charge in [0, 0.05) is 37.5 Å². The van der Waals surface area contributed by atoms with E-state index in [1.807, 2.05) is 71.5 Å². The van der Waals surface area contributed by atoms with E-state index in [1.165, 1.54) is 6.08 Å². The number of nitrogens with zero attached hydrogens (tertiary/aromatic N) is 3. The van der Waals surface area contributed by atoms with Crippen LogP contribution in [0.1, 0.15) is 5.56 Å². The molecular weight excluding hydrogens is 312 g/mol. The molecule has 0 fully saturated rings. The van der Waals surface area contributed by atoms with E-state index in [2.05, 4.69) is 5.43 Å². The number of benzene rings is 2. The average molecular weight is 332 g/mol. The molecule has 3 rings (SSSR count). The number of hydrogen-bond donors (Lipinski definition) is 1. The predicted molar refractivity (Wildman–Crippen MR) is 99.9 cm³/mol. The van der Waals surface area contributed by atoms with Gasteiger partial charge in [-0.2, -0.15) is 5.10 Å². The van der Waals surface area contributed by atoms with E-state index in [4.69, 9.17) is 5.10 Å². The summed E-state index contributed by atoms with van der Waals surface area (Å²) in [5.74, 6) is -0.184. The van der Waals surface area contributed by atoms with E-state index in [1.54, 1.807) is 25.2 Å². The van der Waals surface area contributed by atoms with Crippen LogP contribution in [0.15, 0.2) is 72.9 Å². The standard InChI is InChI=1S/C20H20N4O/c1-23(2)21-19(25)14-13-17-15-24(18-11-7-4-8-12-18)22-20(17)16-9-5-3-6-10-16/h3-15H,1-2H3,(H,21,25)/b14-13+. The van der Waals surface area contributed by atoms with E-state index in [-0.39, 0.29) is 5.91 Å². The highest BCUT2D eigenvalue weighted by atomic mass is 16.2. The molecule has 0 saturated heterocycles. The first-order valence-electron chi connectivity index (χ1n) is 8.00. The van der Waals surface area contributed by atoms with Crippen molar-refractivity contribution in [2.24, 2.45) is 0 Å². The quantitative estimate of drug-likeness (QED) is 0.577. The molecule has 0 aliphatic rings. The molecule has 1 heterocycles. The molecule has 5 heteroatoms. The van der Waals surface area contributed by atoms with Gasteiger partial charge in [-0.1, -0.05) is 48.5 Å². The third kappa shape index (κ3) is 4.22. The van der Waals surface area contributed by atoms with Gasteiger partial charge in [-0.05, 0) is 18.2 Å². The van der Waals surface area contributed by atoms with Gasteiger partial charge in [0.05, 0.1) is 11.4 Å². The minimum atomic E-state index is -0.184. The largest absolute Gasteiger partial charge is 0.286 e. The Kier molecular flexibility index (Phi) is 5.06. The second-order valence-corrected chi connectivity index (χ2v) is 5.78. The zero-order valence-electron chi connectivity index (χ0n) is 14.3. The molecular formula is C20H20N4O. The van der Waals surface area contributed by atoms with E-state index in [9.17, 15) is 4.79 Å². The summed E-state index contributed by atoms with van der Waals surface area (Å²) in [6.07, 6.45) is 5.23. The fourth-order valence-electron chi connectivity index (χ4n) is 2.47. The monoisotopic (exact) mass is 332 g/mol. The van der Waals surface area contributed by atoms with Crippen LogP contribution in [0, 0.1) is 0 Å². The summed E-state index contributed by atoms with van der Waals surface area (Å²) in [4.78, 5) is 11.9. The Balaban J connectivity index is 1.99. The number of aromatic nitrogens is 2. The highest BCUT2D eigenvalue weighted by Gasteiger charge is 2.10. The molecule has 2 aromatic carbocycles. The molecule has 25 heavy (non-hydrogen) atoms. The normalized spacial score (nSPS) is 11.2. The molecule has 0 aliphatic heterocycles. The van der Waals surface area contributed by atoms with Crippen LogP contribution in [0.3, 0.4) is 0 Å². The molecule has 3 aromatic rings. The van der Waals surface area contributed by atoms with Gasteiger partial charge in [-0.15, -0.1) is 0 Å². The van der Waals surface area contributed by atoms with Crippen molar-refractivity contribution in [2.75, 3.05) is 14.1 Å². The van der Waals surface area contributed by atoms with E-state index in [0.29, 0.717) is 0 Å². The zero-order valence-corrected chi connectivity index (χ0v) is 14.3. The van der Waals surface area contributed by atoms with Gasteiger partial charge in [0.2, 0.25) is 0 Å². The fraction of sp³-hybridized carbons (Fsp3) is 0.100. The van der Waals surface area contributed by atoms with Crippen molar-refractivity contribution in [3.63, 3.8) is 0 Å². The summed E-state index contributed by atoms with van der Waals surface area (Å²) >= 11 is 0. The maximum Gasteiger partial charge on any atom is 0.258 e. The highest BCUT2D eigenvalue weighted by molar-refractivity contribution is 5.92. The van der Waals surface area contributed by atoms with Gasteiger partial charge in [-0.3, -0.25) is 10.2 Å². The molecule has 0 atom stereocenters. The number of rotatable bonds is 5. The highest BCUT2D eigenvalue weighted by Crippen LogP contribution is 2.24. The number of amides is 1. The molecule has 0 bridgehead atoms. The van der Waals surface area contributed by atoms with Crippen LogP contribution in [0.4, 0.5) is 0 Å². The number of carbonyl (C=O) groups is 1. The maximum atomic E-state index is 11.9. The molecule has 0 saturated carbocycles. The van der Waals surface area contributed by atoms with Crippen molar-refractivity contribution >= 4 is 12.0 Å². The fourth-order valence-corrected chi connectivity index (χ4v) is 2.47. The Bertz CT molecular complexity index is 867. The lowest BCUT2D eigenvalue weighted by molar-refractivity contribution is -0.119. The zero-order chi connectivity index (χ0) is 17.6. The van der Waals surface area contributed by atoms with Crippen LogP contribution in [-0.4, -0.2) is 34.8 Å². The minimum absolute atomic E-state index is 0.184. The number of carbonyl (C=O) groups excluding carboxylic acids is 1. The molecule has 5 nitrogen and oxygen atoms in total. The molecule has 0 aliphatic carbocycles. The van der Waals surface area contributed by atoms with E-state index in [0.717, 1.165) is 22.5 Å². The molecule has 126 valence electrons. The van der Waals surface area contributed by atoms with Gasteiger partial charge in [0.1, 0.15) is 0 Å². The molecule has 1 aromatic heterocycles. The minimum Gasteiger partial charge on any atom is -0.286 e. The summed E-state index contributed by atoms with van der Waals surface area (Å²) in [6, 6.07) is 19.8. The molecule has 1 N–H and O–H groups in total. The van der Waals surface area contributed by atoms with Crippen LogP contribution in [-0.2, 0) is 4.79 Å². The Morgan fingerprint density at radius 1 is 1.04 bits per heavy atom. The number of hydrazine groups is 1. The molecule has 0 radical (unpaired) electrons. The lowest BCUT2D eigenvalue weighted by Gasteiger charge is -2.08. The second kappa shape index (κ2) is 7.59. The van der Waals surface area contributed by atoms with Crippen molar-refractivity contribution in [3.8, 4) is 16.9 Å². The second-order valence-electron chi connectivity index (χ2n) is 5.78. The van der Waals surface area contributed by atoms with Crippen molar-refractivity contribution < 1.29 is 4.79 Å². The van der Waals surface area contributed by atoms with Crippen LogP contribution >= 0.6 is 0 Å². The Morgan fingerprint density at radius 3 is 2.32 bits per heavy atom. The Hall–Kier alpha value is -3.18. The first-order chi connectivity index (χ1) is 12.1. The summed E-state index contributed by atoms with van der Waals surface area (Å²) in [7, 11) is 3.54. The van der Waals surface area contributed by atoms with Gasteiger partial charge in [-0.25, -0.2) is 9.69 Å². The lowest BCUT2D eigenvalue weighted by atomic mass is 10.1. The summed E-state index contributed by atoms with van der Waals surface area (Å²) in [5, 5.41) is 6.32. The maximum absolute atomic E-state index is 11.9. The van der Waals surface area contributed by atoms with Crippen molar-refractivity contribution in [1.29, 1.82) is 0 Å². The number of para-hydroxylation sites is 1. The SMILES string of the molecule is CN(C)NC(=O)/C=C/c1cn(-c2ccccc2)nc1-c1ccccc1. The molecule has 0 unspecified atom stereocenters. The van der Waals surface area contributed by atoms with Crippen LogP contribution in [0.5, 0.6) is 0 Å². The summed E-state index contributed by atoms with van der Waals surface area (Å²) < 4.78 is 1.83. The van der Waals surface area contributed by atoms with Gasteiger partial charge in [0.25, 0.3) is 5.91 Å². The Morgan fingerprint density at radius 2 is 1.68 bits per heavy atom. The van der Waals surface area contributed by atoms with Gasteiger partial charge >= 0.3 is 0 Å².